The van der Waals surface area contributed by atoms with E-state index in [1.165, 1.54) is 0 Å². The van der Waals surface area contributed by atoms with Crippen molar-refractivity contribution in [3.8, 4) is 0 Å². The molecule has 1 aromatic rings. The molecule has 1 aliphatic rings. The topological polar surface area (TPSA) is 105 Å². The van der Waals surface area contributed by atoms with Gasteiger partial charge in [-0.1, -0.05) is 56.3 Å². The Labute approximate surface area is 190 Å². The maximum absolute atomic E-state index is 13.0. The van der Waals surface area contributed by atoms with Gasteiger partial charge in [0.25, 0.3) is 0 Å². The van der Waals surface area contributed by atoms with E-state index in [0.29, 0.717) is 32.1 Å². The van der Waals surface area contributed by atoms with Crippen molar-refractivity contribution >= 4 is 17.8 Å². The molecule has 7 nitrogen and oxygen atoms in total. The van der Waals surface area contributed by atoms with Crippen LogP contribution in [0.25, 0.3) is 0 Å². The lowest BCUT2D eigenvalue weighted by Crippen LogP contribution is -2.46. The van der Waals surface area contributed by atoms with Crippen molar-refractivity contribution in [2.75, 3.05) is 13.2 Å². The molecule has 1 aliphatic heterocycles. The molecule has 1 aromatic carbocycles. The van der Waals surface area contributed by atoms with Gasteiger partial charge in [-0.25, -0.2) is 0 Å². The monoisotopic (exact) mass is 444 g/mol. The van der Waals surface area contributed by atoms with E-state index in [4.69, 9.17) is 4.74 Å². The molecule has 0 saturated heterocycles. The second-order valence-corrected chi connectivity index (χ2v) is 8.68. The van der Waals surface area contributed by atoms with Gasteiger partial charge in [-0.05, 0) is 37.2 Å². The summed E-state index contributed by atoms with van der Waals surface area (Å²) < 4.78 is 5.33. The van der Waals surface area contributed by atoms with Crippen molar-refractivity contribution < 1.29 is 24.2 Å². The van der Waals surface area contributed by atoms with Crippen molar-refractivity contribution in [3.05, 3.63) is 48.0 Å². The Morgan fingerprint density at radius 2 is 1.97 bits per heavy atom. The summed E-state index contributed by atoms with van der Waals surface area (Å²) >= 11 is 0. The first kappa shape index (κ1) is 25.6. The highest BCUT2D eigenvalue weighted by atomic mass is 16.5. The first-order valence-electron chi connectivity index (χ1n) is 11.4. The number of benzene rings is 1. The number of amides is 2. The molecule has 176 valence electrons. The SMILES string of the molecule is CC(C)[C@H]1COC(=O)CCCC=CC[C@H](CC(=O)N[C@H](CO)Cc2ccccc2)C(=O)N1. The molecule has 3 atom stereocenters. The van der Waals surface area contributed by atoms with E-state index in [-0.39, 0.29) is 49.4 Å². The van der Waals surface area contributed by atoms with Crippen LogP contribution in [0.4, 0.5) is 0 Å². The highest BCUT2D eigenvalue weighted by Gasteiger charge is 2.26. The lowest BCUT2D eigenvalue weighted by molar-refractivity contribution is -0.145. The fraction of sp³-hybridized carbons (Fsp3) is 0.560. The number of carbonyl (C=O) groups excluding carboxylic acids is 3. The van der Waals surface area contributed by atoms with Gasteiger partial charge in [-0.2, -0.15) is 0 Å². The highest BCUT2D eigenvalue weighted by molar-refractivity contribution is 5.86. The predicted octanol–water partition coefficient (Wildman–Crippen LogP) is 2.53. The Kier molecular flexibility index (Phi) is 10.9. The Morgan fingerprint density at radius 3 is 2.66 bits per heavy atom. The third-order valence-electron chi connectivity index (χ3n) is 5.61. The maximum atomic E-state index is 13.0. The quantitative estimate of drug-likeness (QED) is 0.443. The number of esters is 1. The average molecular weight is 445 g/mol. The molecule has 32 heavy (non-hydrogen) atoms. The Morgan fingerprint density at radius 1 is 1.22 bits per heavy atom. The van der Waals surface area contributed by atoms with Crippen LogP contribution in [0.15, 0.2) is 42.5 Å². The van der Waals surface area contributed by atoms with Gasteiger partial charge in [0.2, 0.25) is 11.8 Å². The van der Waals surface area contributed by atoms with Crippen LogP contribution in [0.3, 0.4) is 0 Å². The Hall–Kier alpha value is -2.67. The minimum absolute atomic E-state index is 0.0199. The number of carbonyl (C=O) groups is 3. The summed E-state index contributed by atoms with van der Waals surface area (Å²) in [6.45, 7) is 3.85. The van der Waals surface area contributed by atoms with Crippen LogP contribution in [0.1, 0.15) is 51.5 Å². The number of aliphatic hydroxyl groups is 1. The van der Waals surface area contributed by atoms with Gasteiger partial charge < -0.3 is 20.5 Å². The molecular formula is C25H36N2O5. The minimum atomic E-state index is -0.542. The fourth-order valence-corrected chi connectivity index (χ4v) is 3.55. The maximum Gasteiger partial charge on any atom is 0.305 e. The lowest BCUT2D eigenvalue weighted by atomic mass is 9.96. The number of cyclic esters (lactones) is 1. The van der Waals surface area contributed by atoms with Gasteiger partial charge in [0.15, 0.2) is 0 Å². The van der Waals surface area contributed by atoms with Gasteiger partial charge in [0.1, 0.15) is 6.61 Å². The molecule has 0 radical (unpaired) electrons. The van der Waals surface area contributed by atoms with Crippen LogP contribution in [0, 0.1) is 11.8 Å². The first-order chi connectivity index (χ1) is 15.4. The molecule has 0 unspecified atom stereocenters. The smallest absolute Gasteiger partial charge is 0.305 e. The third kappa shape index (κ3) is 9.22. The molecule has 0 fully saturated rings. The predicted molar refractivity (Wildman–Crippen MR) is 123 cm³/mol. The number of rotatable bonds is 7. The molecule has 0 aromatic heterocycles. The van der Waals surface area contributed by atoms with Crippen molar-refractivity contribution in [1.82, 2.24) is 10.6 Å². The fourth-order valence-electron chi connectivity index (χ4n) is 3.55. The summed E-state index contributed by atoms with van der Waals surface area (Å²) in [7, 11) is 0. The molecule has 1 heterocycles. The largest absolute Gasteiger partial charge is 0.463 e. The van der Waals surface area contributed by atoms with E-state index in [1.807, 2.05) is 56.3 Å². The van der Waals surface area contributed by atoms with Crippen LogP contribution >= 0.6 is 0 Å². The van der Waals surface area contributed by atoms with Crippen LogP contribution in [-0.2, 0) is 25.5 Å². The van der Waals surface area contributed by atoms with E-state index in [1.54, 1.807) is 0 Å². The zero-order chi connectivity index (χ0) is 23.3. The number of ether oxygens (including phenoxy) is 1. The van der Waals surface area contributed by atoms with E-state index in [9.17, 15) is 19.5 Å². The molecule has 0 aliphatic carbocycles. The number of hydrogen-bond acceptors (Lipinski definition) is 5. The lowest BCUT2D eigenvalue weighted by Gasteiger charge is -2.25. The number of allylic oxidation sites excluding steroid dienone is 2. The van der Waals surface area contributed by atoms with Gasteiger partial charge >= 0.3 is 5.97 Å². The summed E-state index contributed by atoms with van der Waals surface area (Å²) in [5, 5.41) is 15.5. The van der Waals surface area contributed by atoms with E-state index >= 15 is 0 Å². The molecule has 0 bridgehead atoms. The Balaban J connectivity index is 2.03. The first-order valence-corrected chi connectivity index (χ1v) is 11.4. The number of hydrogen-bond donors (Lipinski definition) is 3. The summed E-state index contributed by atoms with van der Waals surface area (Å²) in [4.78, 5) is 37.6. The third-order valence-corrected chi connectivity index (χ3v) is 5.61. The molecule has 0 spiro atoms. The van der Waals surface area contributed by atoms with Crippen LogP contribution in [0.5, 0.6) is 0 Å². The summed E-state index contributed by atoms with van der Waals surface area (Å²) in [5.74, 6) is -1.23. The van der Waals surface area contributed by atoms with E-state index in [2.05, 4.69) is 10.6 Å². The van der Waals surface area contributed by atoms with Crippen molar-refractivity contribution in [1.29, 1.82) is 0 Å². The van der Waals surface area contributed by atoms with Gasteiger partial charge in [-0.15, -0.1) is 0 Å². The molecule has 2 amide bonds. The summed E-state index contributed by atoms with van der Waals surface area (Å²) in [6, 6.07) is 8.91. The van der Waals surface area contributed by atoms with Gasteiger partial charge in [-0.3, -0.25) is 14.4 Å². The standard InChI is InChI=1S/C25H36N2O5/c1-18(2)22-17-32-24(30)13-9-4-3-8-12-20(25(31)27-22)15-23(29)26-21(16-28)14-19-10-6-5-7-11-19/h3,5-8,10-11,18,20-22,28H,4,9,12-17H2,1-2H3,(H,26,29)(H,27,31)/t20-,21+,22-/m1/s1. The van der Waals surface area contributed by atoms with Gasteiger partial charge in [0.05, 0.1) is 24.6 Å². The zero-order valence-corrected chi connectivity index (χ0v) is 19.1. The van der Waals surface area contributed by atoms with E-state index in [0.717, 1.165) is 5.56 Å². The second kappa shape index (κ2) is 13.7. The van der Waals surface area contributed by atoms with Crippen LogP contribution in [-0.4, -0.2) is 48.2 Å². The van der Waals surface area contributed by atoms with E-state index < -0.39 is 12.0 Å². The van der Waals surface area contributed by atoms with Crippen LogP contribution < -0.4 is 10.6 Å². The minimum Gasteiger partial charge on any atom is -0.463 e. The summed E-state index contributed by atoms with van der Waals surface area (Å²) in [6.07, 6.45) is 6.56. The average Bonchev–Trinajstić information content (AvgIpc) is 2.78. The van der Waals surface area contributed by atoms with Crippen LogP contribution in [0.2, 0.25) is 0 Å². The second-order valence-electron chi connectivity index (χ2n) is 8.68. The zero-order valence-electron chi connectivity index (χ0n) is 19.1. The number of aliphatic hydroxyl groups excluding tert-OH is 1. The molecule has 2 rings (SSSR count). The highest BCUT2D eigenvalue weighted by Crippen LogP contribution is 2.15. The summed E-state index contributed by atoms with van der Waals surface area (Å²) in [5.41, 5.74) is 1.02. The molecular weight excluding hydrogens is 408 g/mol. The molecule has 3 N–H and O–H groups in total. The molecule has 7 heteroatoms. The van der Waals surface area contributed by atoms with Crippen molar-refractivity contribution in [3.63, 3.8) is 0 Å². The van der Waals surface area contributed by atoms with Crippen molar-refractivity contribution in [2.24, 2.45) is 11.8 Å². The Bertz CT molecular complexity index is 763. The van der Waals surface area contributed by atoms with Crippen molar-refractivity contribution in [2.45, 2.75) is 64.5 Å². The molecule has 0 saturated carbocycles. The number of nitrogens with one attached hydrogen (secondary N) is 2. The normalized spacial score (nSPS) is 21.5. The van der Waals surface area contributed by atoms with Gasteiger partial charge in [0, 0.05) is 12.8 Å².